The molecule has 126 valence electrons. The van der Waals surface area contributed by atoms with E-state index in [4.69, 9.17) is 0 Å². The molecular formula is C19H21NO2S2. The molecule has 1 aromatic carbocycles. The van der Waals surface area contributed by atoms with E-state index in [1.807, 2.05) is 16.7 Å². The van der Waals surface area contributed by atoms with Gasteiger partial charge in [-0.05, 0) is 44.9 Å². The largest absolute Gasteiger partial charge is 0.339 e. The maximum absolute atomic E-state index is 12.6. The van der Waals surface area contributed by atoms with Gasteiger partial charge in [-0.3, -0.25) is 9.59 Å². The molecule has 0 spiro atoms. The Morgan fingerprint density at radius 2 is 1.96 bits per heavy atom. The molecule has 0 N–H and O–H groups in total. The molecule has 1 aromatic heterocycles. The van der Waals surface area contributed by atoms with Crippen LogP contribution in [0.1, 0.15) is 45.4 Å². The van der Waals surface area contributed by atoms with Crippen molar-refractivity contribution in [1.29, 1.82) is 0 Å². The Bertz CT molecular complexity index is 745. The third-order valence-electron chi connectivity index (χ3n) is 4.21. The van der Waals surface area contributed by atoms with E-state index in [-0.39, 0.29) is 11.7 Å². The van der Waals surface area contributed by atoms with Gasteiger partial charge in [-0.1, -0.05) is 17.7 Å². The number of carbonyl (C=O) groups excluding carboxylic acids is 2. The first-order chi connectivity index (χ1) is 11.5. The molecule has 1 amide bonds. The smallest absolute Gasteiger partial charge is 0.254 e. The fourth-order valence-electron chi connectivity index (χ4n) is 2.87. The lowest BCUT2D eigenvalue weighted by molar-refractivity contribution is 0.0728. The van der Waals surface area contributed by atoms with Gasteiger partial charge in [-0.25, -0.2) is 0 Å². The van der Waals surface area contributed by atoms with Crippen molar-refractivity contribution in [2.24, 2.45) is 0 Å². The van der Waals surface area contributed by atoms with Crippen molar-refractivity contribution in [3.8, 4) is 0 Å². The van der Waals surface area contributed by atoms with E-state index < -0.39 is 0 Å². The summed E-state index contributed by atoms with van der Waals surface area (Å²) < 4.78 is 0. The van der Waals surface area contributed by atoms with Crippen molar-refractivity contribution in [3.05, 3.63) is 51.7 Å². The molecule has 1 aliphatic heterocycles. The zero-order chi connectivity index (χ0) is 17.1. The van der Waals surface area contributed by atoms with Gasteiger partial charge < -0.3 is 4.90 Å². The van der Waals surface area contributed by atoms with E-state index >= 15 is 0 Å². The third-order valence-corrected chi connectivity index (χ3v) is 6.58. The van der Waals surface area contributed by atoms with Gasteiger partial charge in [0.1, 0.15) is 0 Å². The highest BCUT2D eigenvalue weighted by atomic mass is 32.2. The number of likely N-dealkylation sites (tertiary alicyclic amines) is 1. The predicted octanol–water partition coefficient (Wildman–Crippen LogP) is 4.66. The molecule has 24 heavy (non-hydrogen) atoms. The van der Waals surface area contributed by atoms with E-state index in [9.17, 15) is 9.59 Å². The molecule has 2 aromatic rings. The summed E-state index contributed by atoms with van der Waals surface area (Å²) in [4.78, 5) is 27.8. The summed E-state index contributed by atoms with van der Waals surface area (Å²) >= 11 is 3.27. The second kappa shape index (κ2) is 7.53. The van der Waals surface area contributed by atoms with Crippen LogP contribution < -0.4 is 0 Å². The summed E-state index contributed by atoms with van der Waals surface area (Å²) in [5.41, 5.74) is 1.93. The monoisotopic (exact) mass is 359 g/mol. The SMILES string of the molecule is CC(=O)c1cc(C(=O)N2CCC(Sc3cccc(C)c3)CC2)cs1. The van der Waals surface area contributed by atoms with Crippen molar-refractivity contribution in [1.82, 2.24) is 4.90 Å². The van der Waals surface area contributed by atoms with Gasteiger partial charge >= 0.3 is 0 Å². The molecule has 2 heterocycles. The Hall–Kier alpha value is -1.59. The Balaban J connectivity index is 1.56. The van der Waals surface area contributed by atoms with E-state index in [0.29, 0.717) is 15.7 Å². The number of benzene rings is 1. The quantitative estimate of drug-likeness (QED) is 0.745. The maximum Gasteiger partial charge on any atom is 0.254 e. The van der Waals surface area contributed by atoms with Gasteiger partial charge in [-0.2, -0.15) is 0 Å². The second-order valence-electron chi connectivity index (χ2n) is 6.18. The number of carbonyl (C=O) groups is 2. The lowest BCUT2D eigenvalue weighted by Gasteiger charge is -2.31. The number of aryl methyl sites for hydroxylation is 1. The zero-order valence-electron chi connectivity index (χ0n) is 14.0. The Labute approximate surface area is 151 Å². The van der Waals surface area contributed by atoms with E-state index in [1.54, 1.807) is 11.4 Å². The van der Waals surface area contributed by atoms with E-state index in [2.05, 4.69) is 31.2 Å². The van der Waals surface area contributed by atoms with Gasteiger partial charge in [0.2, 0.25) is 0 Å². The number of nitrogens with zero attached hydrogens (tertiary/aromatic N) is 1. The van der Waals surface area contributed by atoms with Gasteiger partial charge in [0.05, 0.1) is 10.4 Å². The van der Waals surface area contributed by atoms with Crippen molar-refractivity contribution in [2.75, 3.05) is 13.1 Å². The van der Waals surface area contributed by atoms with Crippen LogP contribution in [0.3, 0.4) is 0 Å². The average Bonchev–Trinajstić information content (AvgIpc) is 3.05. The molecule has 1 aliphatic rings. The minimum atomic E-state index is 0.0207. The number of ketones is 1. The fraction of sp³-hybridized carbons (Fsp3) is 0.368. The molecule has 0 atom stereocenters. The minimum Gasteiger partial charge on any atom is -0.339 e. The zero-order valence-corrected chi connectivity index (χ0v) is 15.6. The topological polar surface area (TPSA) is 37.4 Å². The van der Waals surface area contributed by atoms with Crippen LogP contribution in [0, 0.1) is 6.92 Å². The van der Waals surface area contributed by atoms with Gasteiger partial charge in [0.15, 0.2) is 5.78 Å². The number of piperidine rings is 1. The standard InChI is InChI=1S/C19H21NO2S2/c1-13-4-3-5-17(10-13)24-16-6-8-20(9-7-16)19(22)15-11-18(14(2)21)23-12-15/h3-5,10-12,16H,6-9H2,1-2H3. The number of Topliss-reactive ketones (excluding diaryl/α,β-unsaturated/α-hetero) is 1. The Morgan fingerprint density at radius 1 is 1.21 bits per heavy atom. The van der Waals surface area contributed by atoms with Crippen molar-refractivity contribution >= 4 is 34.8 Å². The maximum atomic E-state index is 12.6. The number of hydrogen-bond acceptors (Lipinski definition) is 4. The summed E-state index contributed by atoms with van der Waals surface area (Å²) in [5, 5.41) is 2.36. The first kappa shape index (κ1) is 17.2. The molecular weight excluding hydrogens is 338 g/mol. The van der Waals surface area contributed by atoms with Crippen molar-refractivity contribution in [2.45, 2.75) is 36.8 Å². The third kappa shape index (κ3) is 4.08. The highest BCUT2D eigenvalue weighted by Gasteiger charge is 2.25. The van der Waals surface area contributed by atoms with Crippen molar-refractivity contribution in [3.63, 3.8) is 0 Å². The summed E-state index contributed by atoms with van der Waals surface area (Å²) in [6.45, 7) is 5.22. The molecule has 0 unspecified atom stereocenters. The van der Waals surface area contributed by atoms with Crippen LogP contribution in [-0.2, 0) is 0 Å². The molecule has 1 fully saturated rings. The Kier molecular flexibility index (Phi) is 5.41. The summed E-state index contributed by atoms with van der Waals surface area (Å²) in [6, 6.07) is 10.3. The molecule has 0 saturated carbocycles. The number of amides is 1. The van der Waals surface area contributed by atoms with E-state index in [0.717, 1.165) is 25.9 Å². The number of thioether (sulfide) groups is 1. The average molecular weight is 360 g/mol. The molecule has 0 bridgehead atoms. The summed E-state index contributed by atoms with van der Waals surface area (Å²) in [6.07, 6.45) is 2.02. The number of thiophene rings is 1. The first-order valence-electron chi connectivity index (χ1n) is 8.15. The molecule has 3 nitrogen and oxygen atoms in total. The highest BCUT2D eigenvalue weighted by molar-refractivity contribution is 8.00. The summed E-state index contributed by atoms with van der Waals surface area (Å²) in [7, 11) is 0. The van der Waals surface area contributed by atoms with Crippen molar-refractivity contribution < 1.29 is 9.59 Å². The van der Waals surface area contributed by atoms with Crippen LogP contribution in [0.2, 0.25) is 0 Å². The lowest BCUT2D eigenvalue weighted by atomic mass is 10.1. The van der Waals surface area contributed by atoms with Crippen LogP contribution in [-0.4, -0.2) is 34.9 Å². The molecule has 0 radical (unpaired) electrons. The molecule has 0 aliphatic carbocycles. The number of hydrogen-bond donors (Lipinski definition) is 0. The van der Waals surface area contributed by atoms with Gasteiger partial charge in [0, 0.05) is 28.6 Å². The second-order valence-corrected chi connectivity index (χ2v) is 8.47. The normalized spacial score (nSPS) is 15.5. The Morgan fingerprint density at radius 3 is 2.58 bits per heavy atom. The van der Waals surface area contributed by atoms with E-state index in [1.165, 1.54) is 28.7 Å². The molecule has 1 saturated heterocycles. The van der Waals surface area contributed by atoms with Crippen LogP contribution in [0.25, 0.3) is 0 Å². The predicted molar refractivity (Wildman–Crippen MR) is 100 cm³/mol. The van der Waals surface area contributed by atoms with Crippen LogP contribution in [0.5, 0.6) is 0 Å². The van der Waals surface area contributed by atoms with Crippen LogP contribution in [0.4, 0.5) is 0 Å². The fourth-order valence-corrected chi connectivity index (χ4v) is 4.90. The van der Waals surface area contributed by atoms with Crippen LogP contribution in [0.15, 0.2) is 40.6 Å². The summed E-state index contributed by atoms with van der Waals surface area (Å²) in [5.74, 6) is 0.0741. The minimum absolute atomic E-state index is 0.0207. The number of rotatable bonds is 4. The first-order valence-corrected chi connectivity index (χ1v) is 9.91. The van der Waals surface area contributed by atoms with Gasteiger partial charge in [-0.15, -0.1) is 23.1 Å². The molecule has 3 rings (SSSR count). The highest BCUT2D eigenvalue weighted by Crippen LogP contribution is 2.31. The molecule has 5 heteroatoms. The van der Waals surface area contributed by atoms with Crippen LogP contribution >= 0.6 is 23.1 Å². The lowest BCUT2D eigenvalue weighted by Crippen LogP contribution is -2.39. The van der Waals surface area contributed by atoms with Gasteiger partial charge in [0.25, 0.3) is 5.91 Å².